The topological polar surface area (TPSA) is 49.6 Å². The summed E-state index contributed by atoms with van der Waals surface area (Å²) in [6.07, 6.45) is 1.57. The third kappa shape index (κ3) is 2.82. The van der Waals surface area contributed by atoms with Crippen LogP contribution in [0.4, 0.5) is 5.69 Å². The lowest BCUT2D eigenvalue weighted by Crippen LogP contribution is -2.34. The number of nitrogens with zero attached hydrogens (tertiary/aromatic N) is 2. The SMILES string of the molecule is CN(C)C(=O)CCN1CCc2c(N)cccc2C1. The summed E-state index contributed by atoms with van der Waals surface area (Å²) in [6, 6.07) is 6.10. The zero-order chi connectivity index (χ0) is 13.1. The Hall–Kier alpha value is -1.55. The van der Waals surface area contributed by atoms with Crippen LogP contribution in [0.3, 0.4) is 0 Å². The summed E-state index contributed by atoms with van der Waals surface area (Å²) in [7, 11) is 3.60. The maximum absolute atomic E-state index is 11.6. The average Bonchev–Trinajstić information content (AvgIpc) is 2.36. The maximum Gasteiger partial charge on any atom is 0.223 e. The van der Waals surface area contributed by atoms with Crippen molar-refractivity contribution in [3.8, 4) is 0 Å². The van der Waals surface area contributed by atoms with Crippen molar-refractivity contribution >= 4 is 11.6 Å². The van der Waals surface area contributed by atoms with E-state index in [0.717, 1.165) is 31.7 Å². The lowest BCUT2D eigenvalue weighted by atomic mass is 9.98. The molecule has 2 rings (SSSR count). The molecular weight excluding hydrogens is 226 g/mol. The number of hydrogen-bond donors (Lipinski definition) is 1. The van der Waals surface area contributed by atoms with Gasteiger partial charge in [-0.2, -0.15) is 0 Å². The van der Waals surface area contributed by atoms with Crippen LogP contribution in [0.25, 0.3) is 0 Å². The molecule has 0 aliphatic carbocycles. The summed E-state index contributed by atoms with van der Waals surface area (Å²) in [5.41, 5.74) is 9.46. The molecule has 1 aromatic carbocycles. The van der Waals surface area contributed by atoms with E-state index in [4.69, 9.17) is 5.73 Å². The number of nitrogen functional groups attached to an aromatic ring is 1. The van der Waals surface area contributed by atoms with Gasteiger partial charge in [0.15, 0.2) is 0 Å². The van der Waals surface area contributed by atoms with Crippen LogP contribution in [0, 0.1) is 0 Å². The molecule has 0 atom stereocenters. The second-order valence-corrected chi connectivity index (χ2v) is 5.05. The molecule has 1 amide bonds. The van der Waals surface area contributed by atoms with Crippen LogP contribution in [0.5, 0.6) is 0 Å². The predicted molar refractivity (Wildman–Crippen MR) is 73.1 cm³/mol. The average molecular weight is 247 g/mol. The molecule has 0 bridgehead atoms. The largest absolute Gasteiger partial charge is 0.398 e. The minimum absolute atomic E-state index is 0.188. The molecule has 18 heavy (non-hydrogen) atoms. The Balaban J connectivity index is 1.94. The van der Waals surface area contributed by atoms with E-state index in [9.17, 15) is 4.79 Å². The number of fused-ring (bicyclic) bond motifs is 1. The molecule has 0 radical (unpaired) electrons. The van der Waals surface area contributed by atoms with Gasteiger partial charge in [0, 0.05) is 45.8 Å². The molecule has 1 aliphatic heterocycles. The minimum atomic E-state index is 0.188. The molecule has 1 aliphatic rings. The first-order chi connectivity index (χ1) is 8.58. The van der Waals surface area contributed by atoms with Crippen LogP contribution in [0.1, 0.15) is 17.5 Å². The van der Waals surface area contributed by atoms with Gasteiger partial charge in [-0.3, -0.25) is 9.69 Å². The van der Waals surface area contributed by atoms with E-state index < -0.39 is 0 Å². The van der Waals surface area contributed by atoms with Gasteiger partial charge in [0.25, 0.3) is 0 Å². The summed E-state index contributed by atoms with van der Waals surface area (Å²) >= 11 is 0. The normalized spacial score (nSPS) is 15.2. The van der Waals surface area contributed by atoms with Gasteiger partial charge in [0.05, 0.1) is 0 Å². The molecule has 0 unspecified atom stereocenters. The van der Waals surface area contributed by atoms with Crippen molar-refractivity contribution in [3.05, 3.63) is 29.3 Å². The summed E-state index contributed by atoms with van der Waals surface area (Å²) in [5.74, 6) is 0.188. The van der Waals surface area contributed by atoms with Gasteiger partial charge in [-0.1, -0.05) is 12.1 Å². The van der Waals surface area contributed by atoms with Gasteiger partial charge in [-0.05, 0) is 23.6 Å². The Morgan fingerprint density at radius 1 is 1.44 bits per heavy atom. The minimum Gasteiger partial charge on any atom is -0.398 e. The van der Waals surface area contributed by atoms with E-state index in [1.807, 2.05) is 12.1 Å². The van der Waals surface area contributed by atoms with Crippen molar-refractivity contribution < 1.29 is 4.79 Å². The highest BCUT2D eigenvalue weighted by Gasteiger charge is 2.18. The number of benzene rings is 1. The van der Waals surface area contributed by atoms with Crippen molar-refractivity contribution in [2.45, 2.75) is 19.4 Å². The van der Waals surface area contributed by atoms with E-state index in [1.54, 1.807) is 19.0 Å². The lowest BCUT2D eigenvalue weighted by molar-refractivity contribution is -0.129. The van der Waals surface area contributed by atoms with Gasteiger partial charge in [0.2, 0.25) is 5.91 Å². The third-order valence-electron chi connectivity index (χ3n) is 3.52. The zero-order valence-corrected chi connectivity index (χ0v) is 11.1. The second-order valence-electron chi connectivity index (χ2n) is 5.05. The van der Waals surface area contributed by atoms with Crippen LogP contribution in [-0.4, -0.2) is 42.9 Å². The van der Waals surface area contributed by atoms with Crippen molar-refractivity contribution in [2.75, 3.05) is 32.9 Å². The highest BCUT2D eigenvalue weighted by atomic mass is 16.2. The number of anilines is 1. The van der Waals surface area contributed by atoms with E-state index in [2.05, 4.69) is 11.0 Å². The van der Waals surface area contributed by atoms with Crippen molar-refractivity contribution in [3.63, 3.8) is 0 Å². The molecule has 0 aromatic heterocycles. The summed E-state index contributed by atoms with van der Waals surface area (Å²) in [6.45, 7) is 2.72. The van der Waals surface area contributed by atoms with Gasteiger partial charge >= 0.3 is 0 Å². The predicted octanol–water partition coefficient (Wildman–Crippen LogP) is 1.11. The van der Waals surface area contributed by atoms with Crippen LogP contribution >= 0.6 is 0 Å². The Labute approximate surface area is 108 Å². The molecule has 1 aromatic rings. The highest BCUT2D eigenvalue weighted by Crippen LogP contribution is 2.23. The van der Waals surface area contributed by atoms with Crippen LogP contribution in [0.2, 0.25) is 0 Å². The smallest absolute Gasteiger partial charge is 0.223 e. The number of carbonyl (C=O) groups is 1. The van der Waals surface area contributed by atoms with Crippen LogP contribution in [-0.2, 0) is 17.8 Å². The molecule has 0 spiro atoms. The first-order valence-corrected chi connectivity index (χ1v) is 6.36. The molecule has 0 fully saturated rings. The second kappa shape index (κ2) is 5.40. The fourth-order valence-electron chi connectivity index (χ4n) is 2.37. The summed E-state index contributed by atoms with van der Waals surface area (Å²) in [4.78, 5) is 15.5. The first-order valence-electron chi connectivity index (χ1n) is 6.36. The lowest BCUT2D eigenvalue weighted by Gasteiger charge is -2.29. The zero-order valence-electron chi connectivity index (χ0n) is 11.1. The first kappa shape index (κ1) is 12.9. The van der Waals surface area contributed by atoms with Gasteiger partial charge in [-0.25, -0.2) is 0 Å². The number of carbonyl (C=O) groups excluding carboxylic acids is 1. The summed E-state index contributed by atoms with van der Waals surface area (Å²) in [5, 5.41) is 0. The molecule has 0 saturated heterocycles. The van der Waals surface area contributed by atoms with Gasteiger partial charge < -0.3 is 10.6 Å². The molecule has 4 nitrogen and oxygen atoms in total. The van der Waals surface area contributed by atoms with Crippen LogP contribution in [0.15, 0.2) is 18.2 Å². The number of hydrogen-bond acceptors (Lipinski definition) is 3. The standard InChI is InChI=1S/C14H21N3O/c1-16(2)14(18)7-9-17-8-6-12-11(10-17)4-3-5-13(12)15/h3-5H,6-10,15H2,1-2H3. The highest BCUT2D eigenvalue weighted by molar-refractivity contribution is 5.75. The van der Waals surface area contributed by atoms with Crippen LogP contribution < -0.4 is 5.73 Å². The molecule has 4 heteroatoms. The number of rotatable bonds is 3. The maximum atomic E-state index is 11.6. The van der Waals surface area contributed by atoms with Crippen molar-refractivity contribution in [2.24, 2.45) is 0 Å². The van der Waals surface area contributed by atoms with Crippen molar-refractivity contribution in [1.29, 1.82) is 0 Å². The van der Waals surface area contributed by atoms with E-state index in [-0.39, 0.29) is 5.91 Å². The molecule has 98 valence electrons. The van der Waals surface area contributed by atoms with Gasteiger partial charge in [-0.15, -0.1) is 0 Å². The molecule has 0 saturated carbocycles. The van der Waals surface area contributed by atoms with E-state index in [1.165, 1.54) is 11.1 Å². The summed E-state index contributed by atoms with van der Waals surface area (Å²) < 4.78 is 0. The Morgan fingerprint density at radius 2 is 2.22 bits per heavy atom. The Bertz CT molecular complexity index is 443. The molecule has 1 heterocycles. The number of nitrogens with two attached hydrogens (primary N) is 1. The third-order valence-corrected chi connectivity index (χ3v) is 3.52. The van der Waals surface area contributed by atoms with Crippen molar-refractivity contribution in [1.82, 2.24) is 9.80 Å². The van der Waals surface area contributed by atoms with E-state index in [0.29, 0.717) is 6.42 Å². The fraction of sp³-hybridized carbons (Fsp3) is 0.500. The fourth-order valence-corrected chi connectivity index (χ4v) is 2.37. The monoisotopic (exact) mass is 247 g/mol. The molecule has 2 N–H and O–H groups in total. The number of amides is 1. The van der Waals surface area contributed by atoms with E-state index >= 15 is 0 Å². The Morgan fingerprint density at radius 3 is 2.94 bits per heavy atom. The molecular formula is C14H21N3O. The Kier molecular flexibility index (Phi) is 3.87. The quantitative estimate of drug-likeness (QED) is 0.814. The van der Waals surface area contributed by atoms with Gasteiger partial charge in [0.1, 0.15) is 0 Å².